The van der Waals surface area contributed by atoms with Crippen molar-refractivity contribution >= 4 is 21.9 Å². The van der Waals surface area contributed by atoms with E-state index in [0.29, 0.717) is 36.4 Å². The van der Waals surface area contributed by atoms with Crippen LogP contribution >= 0.6 is 0 Å². The van der Waals surface area contributed by atoms with Gasteiger partial charge >= 0.3 is 0 Å². The molecule has 0 spiro atoms. The van der Waals surface area contributed by atoms with E-state index in [9.17, 15) is 9.59 Å². The molecule has 2 aromatic carbocycles. The van der Waals surface area contributed by atoms with Gasteiger partial charge in [0.2, 0.25) is 5.43 Å². The molecule has 0 aliphatic heterocycles. The van der Waals surface area contributed by atoms with Gasteiger partial charge in [-0.15, -0.1) is 0 Å². The first-order valence-corrected chi connectivity index (χ1v) is 9.20. The molecule has 0 N–H and O–H groups in total. The maximum absolute atomic E-state index is 13.4. The van der Waals surface area contributed by atoms with Crippen LogP contribution in [0.1, 0.15) is 6.42 Å². The Morgan fingerprint density at radius 2 is 1.71 bits per heavy atom. The first kappa shape index (κ1) is 18.1. The standard InChI is InChI=1S/C22H21N3O3/c1-24-17-12-7-6-11-16(17)19(26)18-21(24)23-20(15-9-4-3-5-10-15)25(22(18)27)13-8-14-28-2/h3-7,9-12H,8,13-14H2,1-2H3. The molecule has 6 nitrogen and oxygen atoms in total. The molecule has 2 heterocycles. The molecule has 0 amide bonds. The van der Waals surface area contributed by atoms with E-state index in [4.69, 9.17) is 9.72 Å². The average molecular weight is 375 g/mol. The molecule has 6 heteroatoms. The minimum Gasteiger partial charge on any atom is -0.385 e. The van der Waals surface area contributed by atoms with Crippen molar-refractivity contribution < 1.29 is 4.74 Å². The molecule has 28 heavy (non-hydrogen) atoms. The van der Waals surface area contributed by atoms with Crippen LogP contribution in [0.25, 0.3) is 33.3 Å². The van der Waals surface area contributed by atoms with Gasteiger partial charge in [-0.2, -0.15) is 0 Å². The van der Waals surface area contributed by atoms with Gasteiger partial charge in [0, 0.05) is 38.3 Å². The third-order valence-electron chi connectivity index (χ3n) is 4.97. The van der Waals surface area contributed by atoms with E-state index >= 15 is 0 Å². The Balaban J connectivity index is 2.11. The fraction of sp³-hybridized carbons (Fsp3) is 0.227. The highest BCUT2D eigenvalue weighted by Gasteiger charge is 2.18. The highest BCUT2D eigenvalue weighted by Crippen LogP contribution is 2.20. The third-order valence-corrected chi connectivity index (χ3v) is 4.97. The van der Waals surface area contributed by atoms with Gasteiger partial charge in [-0.1, -0.05) is 42.5 Å². The fourth-order valence-electron chi connectivity index (χ4n) is 3.57. The van der Waals surface area contributed by atoms with Crippen LogP contribution in [0.15, 0.2) is 64.2 Å². The maximum atomic E-state index is 13.4. The second kappa shape index (κ2) is 7.40. The van der Waals surface area contributed by atoms with Crippen LogP contribution in [0.4, 0.5) is 0 Å². The Kier molecular flexibility index (Phi) is 4.79. The summed E-state index contributed by atoms with van der Waals surface area (Å²) >= 11 is 0. The first-order valence-electron chi connectivity index (χ1n) is 9.20. The molecule has 4 rings (SSSR count). The molecule has 142 valence electrons. The lowest BCUT2D eigenvalue weighted by atomic mass is 10.1. The lowest BCUT2D eigenvalue weighted by Crippen LogP contribution is -2.29. The van der Waals surface area contributed by atoms with Gasteiger partial charge in [0.25, 0.3) is 5.56 Å². The molecule has 0 aliphatic rings. The van der Waals surface area contributed by atoms with Gasteiger partial charge in [-0.25, -0.2) is 4.98 Å². The summed E-state index contributed by atoms with van der Waals surface area (Å²) in [6.45, 7) is 0.949. The molecular weight excluding hydrogens is 354 g/mol. The topological polar surface area (TPSA) is 66.1 Å². The normalized spacial score (nSPS) is 11.4. The lowest BCUT2D eigenvalue weighted by Gasteiger charge is -2.16. The Hall–Kier alpha value is -3.25. The molecule has 0 saturated heterocycles. The van der Waals surface area contributed by atoms with Gasteiger partial charge in [-0.3, -0.25) is 14.2 Å². The van der Waals surface area contributed by atoms with Crippen molar-refractivity contribution in [2.24, 2.45) is 7.05 Å². The Morgan fingerprint density at radius 1 is 1.00 bits per heavy atom. The summed E-state index contributed by atoms with van der Waals surface area (Å²) < 4.78 is 8.54. The molecular formula is C22H21N3O3. The SMILES string of the molecule is COCCCn1c(-c2ccccc2)nc2c(c(=O)c3ccccc3n2C)c1=O. The number of rotatable bonds is 5. The number of nitrogens with zero attached hydrogens (tertiary/aromatic N) is 3. The number of aryl methyl sites for hydroxylation is 1. The van der Waals surface area contributed by atoms with E-state index in [1.54, 1.807) is 23.8 Å². The van der Waals surface area contributed by atoms with Crippen LogP contribution in [-0.4, -0.2) is 27.8 Å². The van der Waals surface area contributed by atoms with E-state index in [1.807, 2.05) is 54.1 Å². The van der Waals surface area contributed by atoms with Crippen LogP contribution in [0.2, 0.25) is 0 Å². The van der Waals surface area contributed by atoms with Crippen molar-refractivity contribution in [3.63, 3.8) is 0 Å². The number of hydrogen-bond donors (Lipinski definition) is 0. The molecule has 0 bridgehead atoms. The second-order valence-corrected chi connectivity index (χ2v) is 6.71. The highest BCUT2D eigenvalue weighted by molar-refractivity contribution is 5.91. The van der Waals surface area contributed by atoms with Crippen molar-refractivity contribution in [3.05, 3.63) is 75.2 Å². The number of hydrogen-bond acceptors (Lipinski definition) is 4. The maximum Gasteiger partial charge on any atom is 0.267 e. The third kappa shape index (κ3) is 2.92. The lowest BCUT2D eigenvalue weighted by molar-refractivity contribution is 0.190. The summed E-state index contributed by atoms with van der Waals surface area (Å²) in [4.78, 5) is 31.3. The predicted molar refractivity (Wildman–Crippen MR) is 111 cm³/mol. The summed E-state index contributed by atoms with van der Waals surface area (Å²) in [5.74, 6) is 0.555. The van der Waals surface area contributed by atoms with Crippen molar-refractivity contribution in [1.82, 2.24) is 14.1 Å². The summed E-state index contributed by atoms with van der Waals surface area (Å²) in [5.41, 5.74) is 1.39. The highest BCUT2D eigenvalue weighted by atomic mass is 16.5. The monoisotopic (exact) mass is 375 g/mol. The molecule has 0 radical (unpaired) electrons. The van der Waals surface area contributed by atoms with Crippen LogP contribution in [-0.2, 0) is 18.3 Å². The molecule has 4 aromatic rings. The van der Waals surface area contributed by atoms with Crippen LogP contribution in [0, 0.1) is 0 Å². The number of para-hydroxylation sites is 1. The number of aromatic nitrogens is 3. The smallest absolute Gasteiger partial charge is 0.267 e. The summed E-state index contributed by atoms with van der Waals surface area (Å²) in [5, 5.41) is 0.644. The summed E-state index contributed by atoms with van der Waals surface area (Å²) in [6.07, 6.45) is 0.650. The Bertz CT molecular complexity index is 1270. The molecule has 0 atom stereocenters. The predicted octanol–water partition coefficient (Wildman–Crippen LogP) is 2.95. The second-order valence-electron chi connectivity index (χ2n) is 6.71. The van der Waals surface area contributed by atoms with Crippen LogP contribution < -0.4 is 11.0 Å². The number of ether oxygens (including phenoxy) is 1. The van der Waals surface area contributed by atoms with Gasteiger partial charge in [0.05, 0.1) is 5.52 Å². The van der Waals surface area contributed by atoms with Crippen molar-refractivity contribution in [2.45, 2.75) is 13.0 Å². The minimum absolute atomic E-state index is 0.123. The zero-order chi connectivity index (χ0) is 19.7. The van der Waals surface area contributed by atoms with Crippen LogP contribution in [0.3, 0.4) is 0 Å². The van der Waals surface area contributed by atoms with E-state index in [-0.39, 0.29) is 16.4 Å². The Morgan fingerprint density at radius 3 is 2.46 bits per heavy atom. The average Bonchev–Trinajstić information content (AvgIpc) is 2.73. The first-order chi connectivity index (χ1) is 13.6. The van der Waals surface area contributed by atoms with Crippen molar-refractivity contribution in [3.8, 4) is 11.4 Å². The van der Waals surface area contributed by atoms with E-state index in [0.717, 1.165) is 11.1 Å². The van der Waals surface area contributed by atoms with Gasteiger partial charge < -0.3 is 9.30 Å². The zero-order valence-corrected chi connectivity index (χ0v) is 15.9. The van der Waals surface area contributed by atoms with E-state index in [1.165, 1.54) is 0 Å². The summed E-state index contributed by atoms with van der Waals surface area (Å²) in [7, 11) is 3.46. The molecule has 0 saturated carbocycles. The molecule has 2 aromatic heterocycles. The number of fused-ring (bicyclic) bond motifs is 2. The van der Waals surface area contributed by atoms with Crippen LogP contribution in [0.5, 0.6) is 0 Å². The number of methoxy groups -OCH3 is 1. The number of pyridine rings is 1. The zero-order valence-electron chi connectivity index (χ0n) is 15.9. The quantitative estimate of drug-likeness (QED) is 0.397. The Labute approximate surface area is 161 Å². The van der Waals surface area contributed by atoms with E-state index < -0.39 is 0 Å². The minimum atomic E-state index is -0.314. The molecule has 0 fully saturated rings. The molecule has 0 unspecified atom stereocenters. The largest absolute Gasteiger partial charge is 0.385 e. The van der Waals surface area contributed by atoms with Gasteiger partial charge in [0.15, 0.2) is 5.65 Å². The fourth-order valence-corrected chi connectivity index (χ4v) is 3.57. The van der Waals surface area contributed by atoms with Crippen molar-refractivity contribution in [1.29, 1.82) is 0 Å². The summed E-state index contributed by atoms with van der Waals surface area (Å²) in [6, 6.07) is 16.9. The van der Waals surface area contributed by atoms with E-state index in [2.05, 4.69) is 0 Å². The van der Waals surface area contributed by atoms with Gasteiger partial charge in [-0.05, 0) is 18.6 Å². The van der Waals surface area contributed by atoms with Gasteiger partial charge in [0.1, 0.15) is 11.2 Å². The van der Waals surface area contributed by atoms with Crippen molar-refractivity contribution in [2.75, 3.05) is 13.7 Å². The molecule has 0 aliphatic carbocycles. The number of benzene rings is 2.